The van der Waals surface area contributed by atoms with E-state index in [-0.39, 0.29) is 17.7 Å². The number of ether oxygens (including phenoxy) is 1. The van der Waals surface area contributed by atoms with Crippen LogP contribution in [0.1, 0.15) is 83.7 Å². The topological polar surface area (TPSA) is 96.8 Å². The highest BCUT2D eigenvalue weighted by Crippen LogP contribution is 2.34. The highest BCUT2D eigenvalue weighted by Gasteiger charge is 2.32. The summed E-state index contributed by atoms with van der Waals surface area (Å²) in [4.78, 5) is 39.2. The van der Waals surface area contributed by atoms with Gasteiger partial charge in [-0.05, 0) is 69.1 Å². The SMILES string of the molecule is CC.CCOC.Cn1nc(C2CCC(=O)NC2=O)c2ccc(N3CCC(CCC4CCN(C=O)CC4)CC3)cc21. The third kappa shape index (κ3) is 8.05. The van der Waals surface area contributed by atoms with Crippen LogP contribution in [0.2, 0.25) is 0 Å². The van der Waals surface area contributed by atoms with Crippen molar-refractivity contribution in [1.29, 1.82) is 0 Å². The van der Waals surface area contributed by atoms with Crippen LogP contribution in [0.5, 0.6) is 0 Å². The van der Waals surface area contributed by atoms with Gasteiger partial charge < -0.3 is 14.5 Å². The Hall–Kier alpha value is -2.94. The van der Waals surface area contributed by atoms with Gasteiger partial charge in [-0.3, -0.25) is 24.4 Å². The molecule has 1 aromatic carbocycles. The molecular formula is C31H49N5O4. The summed E-state index contributed by atoms with van der Waals surface area (Å²) in [7, 11) is 3.60. The first-order valence-corrected chi connectivity index (χ1v) is 15.2. The van der Waals surface area contributed by atoms with Crippen molar-refractivity contribution < 1.29 is 19.1 Å². The van der Waals surface area contributed by atoms with Crippen LogP contribution in [-0.2, 0) is 26.2 Å². The van der Waals surface area contributed by atoms with E-state index in [4.69, 9.17) is 0 Å². The molecule has 1 aromatic heterocycles. The maximum Gasteiger partial charge on any atom is 0.235 e. The van der Waals surface area contributed by atoms with Gasteiger partial charge in [-0.15, -0.1) is 0 Å². The largest absolute Gasteiger partial charge is 0.385 e. The maximum atomic E-state index is 12.4. The quantitative estimate of drug-likeness (QED) is 0.395. The van der Waals surface area contributed by atoms with Gasteiger partial charge in [0.1, 0.15) is 0 Å². The molecule has 5 rings (SSSR count). The van der Waals surface area contributed by atoms with E-state index in [1.807, 2.05) is 37.4 Å². The predicted molar refractivity (Wildman–Crippen MR) is 159 cm³/mol. The lowest BCUT2D eigenvalue weighted by Crippen LogP contribution is -2.39. The number of imide groups is 1. The second-order valence-electron chi connectivity index (χ2n) is 10.9. The number of rotatable bonds is 7. The number of nitrogens with one attached hydrogen (secondary N) is 1. The summed E-state index contributed by atoms with van der Waals surface area (Å²) in [6.07, 6.45) is 9.21. The number of fused-ring (bicyclic) bond motifs is 1. The van der Waals surface area contributed by atoms with Crippen molar-refractivity contribution >= 4 is 34.8 Å². The summed E-state index contributed by atoms with van der Waals surface area (Å²) in [6.45, 7) is 10.8. The smallest absolute Gasteiger partial charge is 0.235 e. The summed E-state index contributed by atoms with van der Waals surface area (Å²) in [6, 6.07) is 6.44. The van der Waals surface area contributed by atoms with E-state index in [1.165, 1.54) is 31.4 Å². The zero-order valence-electron chi connectivity index (χ0n) is 25.2. The number of hydrogen-bond acceptors (Lipinski definition) is 6. The Kier molecular flexibility index (Phi) is 12.4. The lowest BCUT2D eigenvalue weighted by atomic mass is 9.85. The number of likely N-dealkylation sites (tertiary alicyclic amines) is 1. The van der Waals surface area contributed by atoms with Gasteiger partial charge in [-0.2, -0.15) is 5.10 Å². The van der Waals surface area contributed by atoms with Gasteiger partial charge in [0.25, 0.3) is 0 Å². The lowest BCUT2D eigenvalue weighted by Gasteiger charge is -2.35. The van der Waals surface area contributed by atoms with E-state index >= 15 is 0 Å². The molecule has 3 fully saturated rings. The van der Waals surface area contributed by atoms with Crippen molar-refractivity contribution in [3.05, 3.63) is 23.9 Å². The summed E-state index contributed by atoms with van der Waals surface area (Å²) < 4.78 is 6.40. The van der Waals surface area contributed by atoms with Gasteiger partial charge in [0.2, 0.25) is 18.2 Å². The summed E-state index contributed by atoms with van der Waals surface area (Å²) in [5, 5.41) is 8.12. The van der Waals surface area contributed by atoms with Crippen molar-refractivity contribution in [3.8, 4) is 0 Å². The maximum absolute atomic E-state index is 12.4. The fraction of sp³-hybridized carbons (Fsp3) is 0.677. The minimum absolute atomic E-state index is 0.199. The van der Waals surface area contributed by atoms with Crippen LogP contribution in [-0.4, -0.2) is 72.8 Å². The molecule has 2 aromatic rings. The molecule has 9 heteroatoms. The standard InChI is InChI=1S/C26H35N5O3.C3H8O.C2H6/c1-29-23-16-20(4-5-21(23)25(28-29)22-6-7-24(33)27-26(22)34)31-14-10-19(11-15-31)3-2-18-8-12-30(17-32)13-9-18;1-3-4-2;1-2/h4-5,16-19,22H,2-3,6-15H2,1H3,(H,27,33,34);3H2,1-2H3;1-2H3. The molecule has 222 valence electrons. The number of amides is 3. The normalized spacial score (nSPS) is 20.4. The summed E-state index contributed by atoms with van der Waals surface area (Å²) >= 11 is 0. The van der Waals surface area contributed by atoms with Crippen molar-refractivity contribution in [2.45, 2.75) is 78.1 Å². The Bertz CT molecular complexity index is 1100. The van der Waals surface area contributed by atoms with Gasteiger partial charge in [-0.1, -0.05) is 26.7 Å². The number of anilines is 1. The van der Waals surface area contributed by atoms with Crippen molar-refractivity contribution in [2.24, 2.45) is 18.9 Å². The molecule has 0 radical (unpaired) electrons. The summed E-state index contributed by atoms with van der Waals surface area (Å²) in [5.41, 5.74) is 3.01. The highest BCUT2D eigenvalue weighted by molar-refractivity contribution is 6.02. The number of piperidine rings is 3. The first kappa shape index (κ1) is 31.6. The monoisotopic (exact) mass is 555 g/mol. The molecular weight excluding hydrogens is 506 g/mol. The number of benzene rings is 1. The average molecular weight is 556 g/mol. The van der Waals surface area contributed by atoms with Gasteiger partial charge in [0.05, 0.1) is 17.1 Å². The number of aryl methyl sites for hydroxylation is 1. The zero-order valence-corrected chi connectivity index (χ0v) is 25.2. The van der Waals surface area contributed by atoms with Crippen LogP contribution in [0, 0.1) is 11.8 Å². The zero-order chi connectivity index (χ0) is 29.1. The van der Waals surface area contributed by atoms with E-state index in [0.717, 1.165) is 80.5 Å². The molecule has 40 heavy (non-hydrogen) atoms. The van der Waals surface area contributed by atoms with E-state index in [1.54, 1.807) is 7.11 Å². The van der Waals surface area contributed by atoms with Crippen LogP contribution in [0.15, 0.2) is 18.2 Å². The van der Waals surface area contributed by atoms with E-state index in [2.05, 4.69) is 38.3 Å². The number of carbonyl (C=O) groups excluding carboxylic acids is 3. The Balaban J connectivity index is 0.000000677. The second-order valence-corrected chi connectivity index (χ2v) is 10.9. The third-order valence-corrected chi connectivity index (χ3v) is 8.48. The Labute approximate surface area is 239 Å². The molecule has 3 amide bonds. The van der Waals surface area contributed by atoms with Crippen LogP contribution in [0.3, 0.4) is 0 Å². The third-order valence-electron chi connectivity index (χ3n) is 8.48. The first-order chi connectivity index (χ1) is 19.4. The fourth-order valence-electron chi connectivity index (χ4n) is 5.98. The van der Waals surface area contributed by atoms with Gasteiger partial charge >= 0.3 is 0 Å². The molecule has 1 N–H and O–H groups in total. The molecule has 0 saturated carbocycles. The van der Waals surface area contributed by atoms with Crippen molar-refractivity contribution in [1.82, 2.24) is 20.0 Å². The molecule has 9 nitrogen and oxygen atoms in total. The highest BCUT2D eigenvalue weighted by atomic mass is 16.5. The Morgan fingerprint density at radius 1 is 1.00 bits per heavy atom. The van der Waals surface area contributed by atoms with E-state index in [0.29, 0.717) is 12.8 Å². The van der Waals surface area contributed by atoms with Gasteiger partial charge in [0, 0.05) is 64.4 Å². The molecule has 3 aliphatic rings. The molecule has 0 bridgehead atoms. The molecule has 0 aliphatic carbocycles. The second kappa shape index (κ2) is 15.7. The lowest BCUT2D eigenvalue weighted by molar-refractivity contribution is -0.134. The minimum atomic E-state index is -0.367. The van der Waals surface area contributed by atoms with Crippen LogP contribution >= 0.6 is 0 Å². The molecule has 3 aliphatic heterocycles. The van der Waals surface area contributed by atoms with Crippen LogP contribution in [0.25, 0.3) is 10.9 Å². The number of carbonyl (C=O) groups is 3. The summed E-state index contributed by atoms with van der Waals surface area (Å²) in [5.74, 6) is 0.765. The number of hydrogen-bond donors (Lipinski definition) is 1. The average Bonchev–Trinajstić information content (AvgIpc) is 3.33. The van der Waals surface area contributed by atoms with E-state index in [9.17, 15) is 14.4 Å². The Morgan fingerprint density at radius 3 is 2.15 bits per heavy atom. The predicted octanol–water partition coefficient (Wildman–Crippen LogP) is 4.64. The minimum Gasteiger partial charge on any atom is -0.385 e. The van der Waals surface area contributed by atoms with Crippen LogP contribution < -0.4 is 10.2 Å². The Morgan fingerprint density at radius 2 is 1.60 bits per heavy atom. The molecule has 3 saturated heterocycles. The van der Waals surface area contributed by atoms with Gasteiger partial charge in [-0.25, -0.2) is 0 Å². The molecule has 1 atom stereocenters. The molecule has 4 heterocycles. The molecule has 0 spiro atoms. The van der Waals surface area contributed by atoms with Crippen molar-refractivity contribution in [3.63, 3.8) is 0 Å². The number of aromatic nitrogens is 2. The molecule has 1 unspecified atom stereocenters. The van der Waals surface area contributed by atoms with E-state index < -0.39 is 0 Å². The fourth-order valence-corrected chi connectivity index (χ4v) is 5.98. The van der Waals surface area contributed by atoms with Crippen molar-refractivity contribution in [2.75, 3.05) is 44.8 Å². The number of methoxy groups -OCH3 is 1. The van der Waals surface area contributed by atoms with Gasteiger partial charge in [0.15, 0.2) is 0 Å². The first-order valence-electron chi connectivity index (χ1n) is 15.2. The van der Waals surface area contributed by atoms with Crippen LogP contribution in [0.4, 0.5) is 5.69 Å². The number of nitrogens with zero attached hydrogens (tertiary/aromatic N) is 4.